The van der Waals surface area contributed by atoms with E-state index in [0.717, 1.165) is 18.6 Å². The molecule has 1 aliphatic rings. The number of amides is 2. The molecule has 1 aromatic heterocycles. The second kappa shape index (κ2) is 6.54. The molecule has 2 rings (SSSR count). The van der Waals surface area contributed by atoms with Crippen molar-refractivity contribution < 1.29 is 9.59 Å². The molecule has 5 heteroatoms. The van der Waals surface area contributed by atoms with Gasteiger partial charge in [-0.15, -0.1) is 11.8 Å². The highest BCUT2D eigenvalue weighted by Crippen LogP contribution is 2.18. The Bertz CT molecular complexity index is 406. The van der Waals surface area contributed by atoms with Crippen molar-refractivity contribution in [3.63, 3.8) is 0 Å². The van der Waals surface area contributed by atoms with Gasteiger partial charge >= 0.3 is 0 Å². The molecule has 1 saturated heterocycles. The van der Waals surface area contributed by atoms with Crippen LogP contribution in [0.4, 0.5) is 0 Å². The highest BCUT2D eigenvalue weighted by Gasteiger charge is 2.27. The normalized spacial score (nSPS) is 15.4. The van der Waals surface area contributed by atoms with E-state index in [-0.39, 0.29) is 11.8 Å². The van der Waals surface area contributed by atoms with Gasteiger partial charge in [-0.2, -0.15) is 0 Å². The van der Waals surface area contributed by atoms with Crippen molar-refractivity contribution in [2.24, 2.45) is 0 Å². The molecule has 0 bridgehead atoms. The summed E-state index contributed by atoms with van der Waals surface area (Å²) in [6.07, 6.45) is 6.24. The zero-order valence-electron chi connectivity index (χ0n) is 10.2. The summed E-state index contributed by atoms with van der Waals surface area (Å²) in [5.41, 5.74) is 0. The maximum absolute atomic E-state index is 11.4. The van der Waals surface area contributed by atoms with Gasteiger partial charge in [-0.25, -0.2) is 0 Å². The van der Waals surface area contributed by atoms with E-state index in [1.54, 1.807) is 24.2 Å². The number of hydrogen-bond acceptors (Lipinski definition) is 4. The molecule has 0 N–H and O–H groups in total. The SMILES string of the molecule is O=C1CCC(=O)N1CCCCSc1ccncc1. The van der Waals surface area contributed by atoms with Crippen LogP contribution in [0.25, 0.3) is 0 Å². The summed E-state index contributed by atoms with van der Waals surface area (Å²) in [5.74, 6) is 0.976. The van der Waals surface area contributed by atoms with Crippen LogP contribution in [0.2, 0.25) is 0 Å². The molecule has 1 aliphatic heterocycles. The van der Waals surface area contributed by atoms with E-state index in [9.17, 15) is 9.59 Å². The Morgan fingerprint density at radius 2 is 1.78 bits per heavy atom. The van der Waals surface area contributed by atoms with E-state index >= 15 is 0 Å². The largest absolute Gasteiger partial charge is 0.283 e. The third-order valence-corrected chi connectivity index (χ3v) is 3.95. The van der Waals surface area contributed by atoms with Gasteiger partial charge in [-0.1, -0.05) is 0 Å². The number of aromatic nitrogens is 1. The highest BCUT2D eigenvalue weighted by molar-refractivity contribution is 7.99. The molecule has 0 atom stereocenters. The van der Waals surface area contributed by atoms with Crippen molar-refractivity contribution in [2.75, 3.05) is 12.3 Å². The first-order chi connectivity index (χ1) is 8.77. The molecule has 0 spiro atoms. The quantitative estimate of drug-likeness (QED) is 0.448. The number of thioether (sulfide) groups is 1. The van der Waals surface area contributed by atoms with Crippen LogP contribution in [0.5, 0.6) is 0 Å². The van der Waals surface area contributed by atoms with Gasteiger partial charge in [0.15, 0.2) is 0 Å². The van der Waals surface area contributed by atoms with Crippen LogP contribution in [0.15, 0.2) is 29.4 Å². The lowest BCUT2D eigenvalue weighted by atomic mass is 10.3. The van der Waals surface area contributed by atoms with Gasteiger partial charge in [0.2, 0.25) is 11.8 Å². The van der Waals surface area contributed by atoms with Gasteiger partial charge in [0.1, 0.15) is 0 Å². The van der Waals surface area contributed by atoms with Gasteiger partial charge in [0.05, 0.1) is 0 Å². The number of nitrogens with zero attached hydrogens (tertiary/aromatic N) is 2. The monoisotopic (exact) mass is 264 g/mol. The van der Waals surface area contributed by atoms with E-state index < -0.39 is 0 Å². The van der Waals surface area contributed by atoms with Crippen molar-refractivity contribution in [3.05, 3.63) is 24.5 Å². The second-order valence-electron chi connectivity index (χ2n) is 4.18. The second-order valence-corrected chi connectivity index (χ2v) is 5.35. The molecule has 0 saturated carbocycles. The van der Waals surface area contributed by atoms with Gasteiger partial charge in [0, 0.05) is 36.7 Å². The molecule has 1 fully saturated rings. The Kier molecular flexibility index (Phi) is 4.75. The number of unbranched alkanes of at least 4 members (excludes halogenated alkanes) is 1. The lowest BCUT2D eigenvalue weighted by Gasteiger charge is -2.12. The predicted octanol–water partition coefficient (Wildman–Crippen LogP) is 2.10. The molecular formula is C13H16N2O2S. The van der Waals surface area contributed by atoms with Crippen LogP contribution in [-0.4, -0.2) is 34.0 Å². The lowest BCUT2D eigenvalue weighted by Crippen LogP contribution is -2.30. The molecule has 0 unspecified atom stereocenters. The molecule has 0 radical (unpaired) electrons. The average Bonchev–Trinajstić information content (AvgIpc) is 2.71. The zero-order chi connectivity index (χ0) is 12.8. The lowest BCUT2D eigenvalue weighted by molar-refractivity contribution is -0.138. The Hall–Kier alpha value is -1.36. The van der Waals surface area contributed by atoms with E-state index in [0.29, 0.717) is 19.4 Å². The van der Waals surface area contributed by atoms with E-state index in [4.69, 9.17) is 0 Å². The van der Waals surface area contributed by atoms with E-state index in [1.807, 2.05) is 12.1 Å². The number of carbonyl (C=O) groups is 2. The van der Waals surface area contributed by atoms with Crippen molar-refractivity contribution in [1.29, 1.82) is 0 Å². The molecule has 0 aromatic carbocycles. The molecule has 96 valence electrons. The predicted molar refractivity (Wildman–Crippen MR) is 70.1 cm³/mol. The van der Waals surface area contributed by atoms with Crippen LogP contribution in [-0.2, 0) is 9.59 Å². The zero-order valence-corrected chi connectivity index (χ0v) is 11.0. The summed E-state index contributed by atoms with van der Waals surface area (Å²) in [5, 5.41) is 0. The minimum Gasteiger partial charge on any atom is -0.283 e. The third kappa shape index (κ3) is 3.57. The maximum Gasteiger partial charge on any atom is 0.229 e. The molecule has 2 amide bonds. The number of imide groups is 1. The molecular weight excluding hydrogens is 248 g/mol. The molecule has 18 heavy (non-hydrogen) atoms. The van der Waals surface area contributed by atoms with Crippen molar-refractivity contribution in [1.82, 2.24) is 9.88 Å². The van der Waals surface area contributed by atoms with Crippen LogP contribution < -0.4 is 0 Å². The average molecular weight is 264 g/mol. The van der Waals surface area contributed by atoms with Crippen molar-refractivity contribution in [2.45, 2.75) is 30.6 Å². The van der Waals surface area contributed by atoms with Crippen LogP contribution in [0.3, 0.4) is 0 Å². The number of hydrogen-bond donors (Lipinski definition) is 0. The fourth-order valence-electron chi connectivity index (χ4n) is 1.87. The first kappa shape index (κ1) is 13.1. The number of carbonyl (C=O) groups excluding carboxylic acids is 2. The highest BCUT2D eigenvalue weighted by atomic mass is 32.2. The van der Waals surface area contributed by atoms with Gasteiger partial charge in [-0.3, -0.25) is 19.5 Å². The Labute approximate surface area is 111 Å². The number of rotatable bonds is 6. The Morgan fingerprint density at radius 1 is 1.11 bits per heavy atom. The third-order valence-electron chi connectivity index (χ3n) is 2.85. The van der Waals surface area contributed by atoms with Gasteiger partial charge in [-0.05, 0) is 30.7 Å². The smallest absolute Gasteiger partial charge is 0.229 e. The van der Waals surface area contributed by atoms with E-state index in [2.05, 4.69) is 4.98 Å². The van der Waals surface area contributed by atoms with Gasteiger partial charge in [0.25, 0.3) is 0 Å². The summed E-state index contributed by atoms with van der Waals surface area (Å²) in [4.78, 5) is 29.3. The first-order valence-electron chi connectivity index (χ1n) is 6.13. The molecule has 4 nitrogen and oxygen atoms in total. The number of likely N-dealkylation sites (tertiary alicyclic amines) is 1. The standard InChI is InChI=1S/C13H16N2O2S/c16-12-3-4-13(17)15(12)9-1-2-10-18-11-5-7-14-8-6-11/h5-8H,1-4,9-10H2. The topological polar surface area (TPSA) is 50.3 Å². The fraction of sp³-hybridized carbons (Fsp3) is 0.462. The van der Waals surface area contributed by atoms with E-state index in [1.165, 1.54) is 9.80 Å². The minimum absolute atomic E-state index is 0.0122. The first-order valence-corrected chi connectivity index (χ1v) is 7.12. The van der Waals surface area contributed by atoms with Crippen LogP contribution in [0, 0.1) is 0 Å². The summed E-state index contributed by atoms with van der Waals surface area (Å²) < 4.78 is 0. The molecule has 1 aromatic rings. The van der Waals surface area contributed by atoms with Crippen LogP contribution >= 0.6 is 11.8 Å². The van der Waals surface area contributed by atoms with Crippen molar-refractivity contribution >= 4 is 23.6 Å². The Balaban J connectivity index is 1.62. The summed E-state index contributed by atoms with van der Waals surface area (Å²) in [6.45, 7) is 0.578. The summed E-state index contributed by atoms with van der Waals surface area (Å²) in [6, 6.07) is 3.97. The Morgan fingerprint density at radius 3 is 2.44 bits per heavy atom. The summed E-state index contributed by atoms with van der Waals surface area (Å²) >= 11 is 1.78. The fourth-order valence-corrected chi connectivity index (χ4v) is 2.77. The van der Waals surface area contributed by atoms with Crippen molar-refractivity contribution in [3.8, 4) is 0 Å². The molecule has 2 heterocycles. The number of pyridine rings is 1. The maximum atomic E-state index is 11.4. The summed E-state index contributed by atoms with van der Waals surface area (Å²) in [7, 11) is 0. The van der Waals surface area contributed by atoms with Crippen LogP contribution in [0.1, 0.15) is 25.7 Å². The van der Waals surface area contributed by atoms with Gasteiger partial charge < -0.3 is 0 Å². The molecule has 0 aliphatic carbocycles. The minimum atomic E-state index is -0.0122.